The second kappa shape index (κ2) is 7.67. The molecule has 0 unspecified atom stereocenters. The van der Waals surface area contributed by atoms with Crippen LogP contribution in [0.15, 0.2) is 89.1 Å². The van der Waals surface area contributed by atoms with Gasteiger partial charge in [0.1, 0.15) is 5.75 Å². The molecule has 1 aliphatic rings. The standard InChI is InChI=1S/C26H16N2O4/c1-15(29)32-24-13-12-23(17-6-2-3-7-18(17)24)28-27-16-10-11-21-22(14-16)26(31)20-9-5-4-8-19(20)25(21)30/h2-14H,1H3. The van der Waals surface area contributed by atoms with Crippen molar-refractivity contribution in [1.82, 2.24) is 0 Å². The summed E-state index contributed by atoms with van der Waals surface area (Å²) in [6.07, 6.45) is 0. The first-order valence-corrected chi connectivity index (χ1v) is 9.97. The van der Waals surface area contributed by atoms with Crippen LogP contribution in [0.1, 0.15) is 38.8 Å². The van der Waals surface area contributed by atoms with Crippen molar-refractivity contribution in [2.75, 3.05) is 0 Å². The molecule has 0 aliphatic heterocycles. The van der Waals surface area contributed by atoms with E-state index in [1.165, 1.54) is 6.92 Å². The van der Waals surface area contributed by atoms with Gasteiger partial charge in [0.15, 0.2) is 11.6 Å². The minimum atomic E-state index is -0.403. The van der Waals surface area contributed by atoms with Crippen molar-refractivity contribution >= 4 is 39.7 Å². The normalized spacial score (nSPS) is 12.7. The Labute approximate surface area is 183 Å². The number of esters is 1. The Morgan fingerprint density at radius 3 is 2.03 bits per heavy atom. The minimum absolute atomic E-state index is 0.175. The molecule has 0 radical (unpaired) electrons. The molecule has 5 rings (SSSR count). The van der Waals surface area contributed by atoms with Crippen LogP contribution in [0.3, 0.4) is 0 Å². The lowest BCUT2D eigenvalue weighted by molar-refractivity contribution is -0.131. The molecule has 6 heteroatoms. The maximum Gasteiger partial charge on any atom is 0.308 e. The Morgan fingerprint density at radius 2 is 1.31 bits per heavy atom. The molecule has 4 aromatic carbocycles. The third kappa shape index (κ3) is 3.28. The summed E-state index contributed by atoms with van der Waals surface area (Å²) in [5, 5.41) is 10.2. The number of azo groups is 1. The highest BCUT2D eigenvalue weighted by molar-refractivity contribution is 6.28. The average molecular weight is 420 g/mol. The Hall–Kier alpha value is -4.45. The zero-order valence-corrected chi connectivity index (χ0v) is 17.0. The Morgan fingerprint density at radius 1 is 0.688 bits per heavy atom. The van der Waals surface area contributed by atoms with Gasteiger partial charge in [-0.3, -0.25) is 14.4 Å². The van der Waals surface area contributed by atoms with Crippen molar-refractivity contribution in [3.8, 4) is 5.75 Å². The van der Waals surface area contributed by atoms with Gasteiger partial charge in [-0.2, -0.15) is 5.11 Å². The lowest BCUT2D eigenvalue weighted by Gasteiger charge is -2.17. The number of nitrogens with zero attached hydrogens (tertiary/aromatic N) is 2. The van der Waals surface area contributed by atoms with Gasteiger partial charge in [0.2, 0.25) is 0 Å². The monoisotopic (exact) mass is 420 g/mol. The van der Waals surface area contributed by atoms with E-state index in [0.717, 1.165) is 10.8 Å². The van der Waals surface area contributed by atoms with E-state index >= 15 is 0 Å². The Bertz CT molecular complexity index is 1470. The Kier molecular flexibility index (Phi) is 4.67. The van der Waals surface area contributed by atoms with E-state index in [2.05, 4.69) is 10.2 Å². The number of hydrogen-bond acceptors (Lipinski definition) is 6. The first-order chi connectivity index (χ1) is 15.5. The smallest absolute Gasteiger partial charge is 0.308 e. The summed E-state index contributed by atoms with van der Waals surface area (Å²) in [4.78, 5) is 37.1. The molecule has 0 bridgehead atoms. The molecule has 0 saturated carbocycles. The van der Waals surface area contributed by atoms with Crippen LogP contribution in [0.4, 0.5) is 11.4 Å². The van der Waals surface area contributed by atoms with E-state index in [0.29, 0.717) is 39.4 Å². The van der Waals surface area contributed by atoms with Crippen LogP contribution in [-0.4, -0.2) is 17.5 Å². The number of fused-ring (bicyclic) bond motifs is 3. The summed E-state index contributed by atoms with van der Waals surface area (Å²) in [5.74, 6) is -0.336. The highest BCUT2D eigenvalue weighted by atomic mass is 16.5. The van der Waals surface area contributed by atoms with E-state index in [4.69, 9.17) is 4.74 Å². The fourth-order valence-corrected chi connectivity index (χ4v) is 3.85. The highest BCUT2D eigenvalue weighted by Crippen LogP contribution is 2.35. The SMILES string of the molecule is CC(=O)Oc1ccc(N=Nc2ccc3c(c2)C(=O)c2ccccc2C3=O)c2ccccc12. The first kappa shape index (κ1) is 19.5. The molecule has 1 aliphatic carbocycles. The molecule has 0 N–H and O–H groups in total. The van der Waals surface area contributed by atoms with Gasteiger partial charge in [-0.25, -0.2) is 0 Å². The number of carbonyl (C=O) groups is 3. The van der Waals surface area contributed by atoms with Crippen LogP contribution in [-0.2, 0) is 4.79 Å². The third-order valence-corrected chi connectivity index (χ3v) is 5.30. The van der Waals surface area contributed by atoms with Crippen LogP contribution in [0, 0.1) is 0 Å². The molecule has 4 aromatic rings. The lowest BCUT2D eigenvalue weighted by Crippen LogP contribution is -2.20. The van der Waals surface area contributed by atoms with Crippen molar-refractivity contribution in [3.63, 3.8) is 0 Å². The number of rotatable bonds is 3. The van der Waals surface area contributed by atoms with Gasteiger partial charge in [0, 0.05) is 39.9 Å². The molecule has 154 valence electrons. The summed E-state index contributed by atoms with van der Waals surface area (Å²) in [6.45, 7) is 1.35. The molecule has 0 heterocycles. The van der Waals surface area contributed by atoms with E-state index < -0.39 is 5.97 Å². The van der Waals surface area contributed by atoms with E-state index in [1.807, 2.05) is 24.3 Å². The van der Waals surface area contributed by atoms with Crippen LogP contribution in [0.5, 0.6) is 5.75 Å². The van der Waals surface area contributed by atoms with Gasteiger partial charge < -0.3 is 4.74 Å². The zero-order valence-electron chi connectivity index (χ0n) is 17.0. The van der Waals surface area contributed by atoms with Gasteiger partial charge in [0.25, 0.3) is 0 Å². The summed E-state index contributed by atoms with van der Waals surface area (Å²) in [6, 6.07) is 22.5. The highest BCUT2D eigenvalue weighted by Gasteiger charge is 2.29. The molecule has 0 fully saturated rings. The second-order valence-corrected chi connectivity index (χ2v) is 7.36. The van der Waals surface area contributed by atoms with Crippen molar-refractivity contribution in [2.45, 2.75) is 6.92 Å². The molecule has 32 heavy (non-hydrogen) atoms. The predicted octanol–water partition coefficient (Wildman–Crippen LogP) is 5.96. The topological polar surface area (TPSA) is 85.2 Å². The number of carbonyl (C=O) groups excluding carboxylic acids is 3. The van der Waals surface area contributed by atoms with Gasteiger partial charge >= 0.3 is 5.97 Å². The van der Waals surface area contributed by atoms with Gasteiger partial charge in [0.05, 0.1) is 11.4 Å². The van der Waals surface area contributed by atoms with Crippen molar-refractivity contribution in [3.05, 3.63) is 101 Å². The molecule has 0 saturated heterocycles. The van der Waals surface area contributed by atoms with E-state index in [-0.39, 0.29) is 11.6 Å². The minimum Gasteiger partial charge on any atom is -0.426 e. The maximum atomic E-state index is 12.9. The summed E-state index contributed by atoms with van der Waals surface area (Å²) < 4.78 is 5.28. The van der Waals surface area contributed by atoms with E-state index in [9.17, 15) is 14.4 Å². The summed E-state index contributed by atoms with van der Waals surface area (Å²) >= 11 is 0. The molecule has 0 aromatic heterocycles. The molecule has 6 nitrogen and oxygen atoms in total. The van der Waals surface area contributed by atoms with Gasteiger partial charge in [-0.05, 0) is 30.3 Å². The third-order valence-electron chi connectivity index (χ3n) is 5.30. The average Bonchev–Trinajstić information content (AvgIpc) is 2.81. The second-order valence-electron chi connectivity index (χ2n) is 7.36. The fourth-order valence-electron chi connectivity index (χ4n) is 3.85. The fraction of sp³-hybridized carbons (Fsp3) is 0.0385. The molecule has 0 atom stereocenters. The zero-order chi connectivity index (χ0) is 22.2. The van der Waals surface area contributed by atoms with Gasteiger partial charge in [-0.15, -0.1) is 5.11 Å². The number of ketones is 2. The van der Waals surface area contributed by atoms with Crippen LogP contribution in [0.2, 0.25) is 0 Å². The maximum absolute atomic E-state index is 12.9. The van der Waals surface area contributed by atoms with E-state index in [1.54, 1.807) is 54.6 Å². The quantitative estimate of drug-likeness (QED) is 0.205. The van der Waals surface area contributed by atoms with Crippen LogP contribution >= 0.6 is 0 Å². The summed E-state index contributed by atoms with van der Waals surface area (Å²) in [7, 11) is 0. The van der Waals surface area contributed by atoms with Crippen molar-refractivity contribution in [2.24, 2.45) is 10.2 Å². The number of hydrogen-bond donors (Lipinski definition) is 0. The lowest BCUT2D eigenvalue weighted by atomic mass is 9.84. The van der Waals surface area contributed by atoms with Crippen molar-refractivity contribution in [1.29, 1.82) is 0 Å². The molecule has 0 spiro atoms. The number of benzene rings is 4. The van der Waals surface area contributed by atoms with Crippen LogP contribution < -0.4 is 4.74 Å². The Balaban J connectivity index is 1.53. The van der Waals surface area contributed by atoms with Crippen LogP contribution in [0.25, 0.3) is 10.8 Å². The van der Waals surface area contributed by atoms with Gasteiger partial charge in [-0.1, -0.05) is 48.5 Å². The first-order valence-electron chi connectivity index (χ1n) is 9.97. The molecular formula is C26H16N2O4. The molecule has 0 amide bonds. The summed E-state index contributed by atoms with van der Waals surface area (Å²) in [5.41, 5.74) is 2.54. The molecular weight excluding hydrogens is 404 g/mol. The predicted molar refractivity (Wildman–Crippen MR) is 119 cm³/mol. The largest absolute Gasteiger partial charge is 0.426 e. The number of ether oxygens (including phenoxy) is 1. The van der Waals surface area contributed by atoms with Crippen molar-refractivity contribution < 1.29 is 19.1 Å².